The summed E-state index contributed by atoms with van der Waals surface area (Å²) in [5.41, 5.74) is 0. The second-order valence-corrected chi connectivity index (χ2v) is 18.7. The molecule has 0 heterocycles. The number of carbonyl (C=O) groups excluding carboxylic acids is 2. The van der Waals surface area contributed by atoms with Crippen LogP contribution in [0, 0.1) is 0 Å². The van der Waals surface area contributed by atoms with E-state index in [0.29, 0.717) is 12.8 Å². The minimum absolute atomic E-state index is 0.193. The van der Waals surface area contributed by atoms with Crippen LogP contribution in [0.15, 0.2) is 0 Å². The Kier molecular flexibility index (Phi) is 44.2. The monoisotopic (exact) mass is 863 g/mol. The summed E-state index contributed by atoms with van der Waals surface area (Å²) in [4.78, 5) is 35.1. The molecule has 1 unspecified atom stereocenters. The molecule has 0 fully saturated rings. The van der Waals surface area contributed by atoms with Crippen LogP contribution >= 0.6 is 7.82 Å². The summed E-state index contributed by atoms with van der Waals surface area (Å²) >= 11 is 0. The van der Waals surface area contributed by atoms with Crippen molar-refractivity contribution in [2.75, 3.05) is 26.4 Å². The molecule has 59 heavy (non-hydrogen) atoms. The predicted octanol–water partition coefficient (Wildman–Crippen LogP) is 13.8. The van der Waals surface area contributed by atoms with Gasteiger partial charge in [0.05, 0.1) is 19.8 Å². The first-order valence-electron chi connectivity index (χ1n) is 25.0. The van der Waals surface area contributed by atoms with Crippen LogP contribution in [-0.2, 0) is 32.7 Å². The quantitative estimate of drug-likeness (QED) is 0.0306. The Morgan fingerprint density at radius 3 is 1.05 bits per heavy atom. The lowest BCUT2D eigenvalue weighted by Crippen LogP contribution is -2.29. The lowest BCUT2D eigenvalue weighted by atomic mass is 10.0. The Bertz CT molecular complexity index is 951. The molecule has 0 spiro atoms. The van der Waals surface area contributed by atoms with Crippen LogP contribution in [-0.4, -0.2) is 65.7 Å². The van der Waals surface area contributed by atoms with Crippen molar-refractivity contribution in [2.24, 2.45) is 0 Å². The molecule has 3 N–H and O–H groups in total. The lowest BCUT2D eigenvalue weighted by molar-refractivity contribution is -0.161. The second-order valence-electron chi connectivity index (χ2n) is 17.2. The second kappa shape index (κ2) is 45.0. The molecule has 0 radical (unpaired) electrons. The maximum atomic E-state index is 12.6. The molecule has 0 aliphatic carbocycles. The summed E-state index contributed by atoms with van der Waals surface area (Å²) < 4.78 is 32.8. The van der Waals surface area contributed by atoms with Crippen LogP contribution in [0.4, 0.5) is 0 Å². The molecule has 0 bridgehead atoms. The Morgan fingerprint density at radius 1 is 0.441 bits per heavy atom. The summed E-state index contributed by atoms with van der Waals surface area (Å²) in [6.07, 6.45) is 43.5. The van der Waals surface area contributed by atoms with Crippen LogP contribution in [0.25, 0.3) is 0 Å². The summed E-state index contributed by atoms with van der Waals surface area (Å²) in [6, 6.07) is 0. The molecule has 0 saturated carbocycles. The molecule has 11 heteroatoms. The molecule has 0 aromatic heterocycles. The fourth-order valence-corrected chi connectivity index (χ4v) is 8.20. The third kappa shape index (κ3) is 44.8. The smallest absolute Gasteiger partial charge is 0.462 e. The van der Waals surface area contributed by atoms with Crippen LogP contribution < -0.4 is 0 Å². The van der Waals surface area contributed by atoms with E-state index in [0.717, 1.165) is 32.1 Å². The Labute approximate surface area is 363 Å². The molecule has 10 nitrogen and oxygen atoms in total. The Morgan fingerprint density at radius 2 is 0.729 bits per heavy atom. The summed E-state index contributed by atoms with van der Waals surface area (Å²) in [7, 11) is -4.61. The highest BCUT2D eigenvalue weighted by molar-refractivity contribution is 7.47. The molecular weight excluding hydrogens is 767 g/mol. The summed E-state index contributed by atoms with van der Waals surface area (Å²) in [6.45, 7) is 2.45. The van der Waals surface area contributed by atoms with Crippen molar-refractivity contribution in [3.05, 3.63) is 0 Å². The van der Waals surface area contributed by atoms with Gasteiger partial charge in [-0.05, 0) is 12.8 Å². The first-order valence-corrected chi connectivity index (χ1v) is 26.5. The van der Waals surface area contributed by atoms with Gasteiger partial charge in [0.1, 0.15) is 12.7 Å². The highest BCUT2D eigenvalue weighted by Gasteiger charge is 2.27. The fraction of sp³-hybridized carbons (Fsp3) is 0.958. The average Bonchev–Trinajstić information content (AvgIpc) is 3.22. The van der Waals surface area contributed by atoms with Crippen molar-refractivity contribution < 1.29 is 47.8 Å². The van der Waals surface area contributed by atoms with Crippen molar-refractivity contribution in [1.29, 1.82) is 0 Å². The highest BCUT2D eigenvalue weighted by atomic mass is 31.2. The molecule has 0 aliphatic rings. The molecule has 0 amide bonds. The van der Waals surface area contributed by atoms with Gasteiger partial charge in [-0.15, -0.1) is 0 Å². The lowest BCUT2D eigenvalue weighted by Gasteiger charge is -2.20. The van der Waals surface area contributed by atoms with E-state index >= 15 is 0 Å². The van der Waals surface area contributed by atoms with Gasteiger partial charge in [-0.1, -0.05) is 232 Å². The molecule has 0 saturated heterocycles. The SMILES string of the molecule is CCCCCCCCCCCCCCCCCCCCCCC(=O)OC[C@H](COP(=O)(O)OC[C@H](O)CO)OC(=O)CCCCCCCCCCCCCCCCCC. The fourth-order valence-electron chi connectivity index (χ4n) is 7.41. The van der Waals surface area contributed by atoms with E-state index in [1.807, 2.05) is 0 Å². The molecule has 3 atom stereocenters. The predicted molar refractivity (Wildman–Crippen MR) is 242 cm³/mol. The van der Waals surface area contributed by atoms with E-state index in [4.69, 9.17) is 23.6 Å². The zero-order valence-corrected chi connectivity index (χ0v) is 39.4. The number of hydrogen-bond donors (Lipinski definition) is 3. The van der Waals surface area contributed by atoms with Crippen molar-refractivity contribution in [2.45, 2.75) is 270 Å². The van der Waals surface area contributed by atoms with Gasteiger partial charge in [0.15, 0.2) is 6.10 Å². The number of esters is 2. The van der Waals surface area contributed by atoms with Gasteiger partial charge in [0, 0.05) is 12.8 Å². The standard InChI is InChI=1S/C48H95O10P/c1-3-5-7-9-11-13-15-17-19-21-22-23-24-26-27-29-31-33-35-37-39-47(51)55-43-46(44-57-59(53,54)56-42-45(50)41-49)58-48(52)40-38-36-34-32-30-28-25-20-18-16-14-12-10-8-6-4-2/h45-46,49-50H,3-44H2,1-2H3,(H,53,54)/t45-,46-/m1/s1. The number of rotatable bonds is 48. The van der Waals surface area contributed by atoms with Crippen LogP contribution in [0.1, 0.15) is 258 Å². The van der Waals surface area contributed by atoms with E-state index in [-0.39, 0.29) is 19.4 Å². The number of aliphatic hydroxyl groups excluding tert-OH is 2. The number of aliphatic hydroxyl groups is 2. The van der Waals surface area contributed by atoms with Gasteiger partial charge in [-0.25, -0.2) is 4.57 Å². The molecular formula is C48H95O10P. The highest BCUT2D eigenvalue weighted by Crippen LogP contribution is 2.43. The number of carbonyl (C=O) groups is 2. The van der Waals surface area contributed by atoms with Gasteiger partial charge in [-0.2, -0.15) is 0 Å². The Hall–Kier alpha value is -1.03. The van der Waals surface area contributed by atoms with Gasteiger partial charge in [0.25, 0.3) is 0 Å². The van der Waals surface area contributed by atoms with Crippen molar-refractivity contribution in [3.63, 3.8) is 0 Å². The van der Waals surface area contributed by atoms with E-state index < -0.39 is 51.8 Å². The van der Waals surface area contributed by atoms with Gasteiger partial charge >= 0.3 is 19.8 Å². The summed E-state index contributed by atoms with van der Waals surface area (Å²) in [5, 5.41) is 18.4. The first kappa shape index (κ1) is 58.0. The maximum Gasteiger partial charge on any atom is 0.472 e. The molecule has 0 aliphatic heterocycles. The molecule has 0 rings (SSSR count). The normalized spacial score (nSPS) is 13.6. The van der Waals surface area contributed by atoms with E-state index in [1.54, 1.807) is 0 Å². The van der Waals surface area contributed by atoms with Crippen molar-refractivity contribution in [1.82, 2.24) is 0 Å². The van der Waals surface area contributed by atoms with Crippen molar-refractivity contribution in [3.8, 4) is 0 Å². The Balaban J connectivity index is 4.13. The van der Waals surface area contributed by atoms with Crippen molar-refractivity contribution >= 4 is 19.8 Å². The van der Waals surface area contributed by atoms with Gasteiger partial charge in [0.2, 0.25) is 0 Å². The van der Waals surface area contributed by atoms with Gasteiger partial charge in [-0.3, -0.25) is 18.6 Å². The maximum absolute atomic E-state index is 12.6. The summed E-state index contributed by atoms with van der Waals surface area (Å²) in [5.74, 6) is -0.903. The number of phosphoric ester groups is 1. The number of unbranched alkanes of at least 4 members (excludes halogenated alkanes) is 34. The van der Waals surface area contributed by atoms with Crippen LogP contribution in [0.5, 0.6) is 0 Å². The minimum Gasteiger partial charge on any atom is -0.462 e. The molecule has 0 aromatic carbocycles. The topological polar surface area (TPSA) is 149 Å². The zero-order chi connectivity index (χ0) is 43.3. The first-order chi connectivity index (χ1) is 28.7. The average molecular weight is 863 g/mol. The molecule has 0 aromatic rings. The van der Waals surface area contributed by atoms with Crippen LogP contribution in [0.2, 0.25) is 0 Å². The van der Waals surface area contributed by atoms with E-state index in [9.17, 15) is 24.2 Å². The third-order valence-corrected chi connectivity index (χ3v) is 12.2. The number of ether oxygens (including phenoxy) is 2. The largest absolute Gasteiger partial charge is 0.472 e. The minimum atomic E-state index is -4.61. The third-order valence-electron chi connectivity index (χ3n) is 11.3. The van der Waals surface area contributed by atoms with E-state index in [1.165, 1.54) is 186 Å². The number of hydrogen-bond acceptors (Lipinski definition) is 9. The van der Waals surface area contributed by atoms with Crippen LogP contribution in [0.3, 0.4) is 0 Å². The zero-order valence-electron chi connectivity index (χ0n) is 38.5. The molecule has 352 valence electrons. The van der Waals surface area contributed by atoms with Gasteiger partial charge < -0.3 is 24.6 Å². The number of phosphoric acid groups is 1. The van der Waals surface area contributed by atoms with E-state index in [2.05, 4.69) is 13.8 Å².